The van der Waals surface area contributed by atoms with Crippen LogP contribution in [-0.2, 0) is 10.0 Å². The van der Waals surface area contributed by atoms with Crippen molar-refractivity contribution < 1.29 is 17.5 Å². The fourth-order valence-corrected chi connectivity index (χ4v) is 2.79. The van der Waals surface area contributed by atoms with Crippen molar-refractivity contribution in [3.63, 3.8) is 0 Å². The predicted octanol–water partition coefficient (Wildman–Crippen LogP) is 1.32. The molecule has 0 fully saturated rings. The van der Waals surface area contributed by atoms with Gasteiger partial charge < -0.3 is 10.2 Å². The number of nitrogens with one attached hydrogen (secondary N) is 2. The van der Waals surface area contributed by atoms with Crippen LogP contribution in [0.1, 0.15) is 0 Å². The van der Waals surface area contributed by atoms with Gasteiger partial charge in [0.1, 0.15) is 16.5 Å². The molecule has 0 bridgehead atoms. The summed E-state index contributed by atoms with van der Waals surface area (Å²) >= 11 is 0. The van der Waals surface area contributed by atoms with Gasteiger partial charge in [-0.1, -0.05) is 0 Å². The molecule has 9 heteroatoms. The highest BCUT2D eigenvalue weighted by atomic mass is 32.2. The van der Waals surface area contributed by atoms with Crippen LogP contribution >= 0.6 is 0 Å². The third-order valence-corrected chi connectivity index (χ3v) is 4.04. The van der Waals surface area contributed by atoms with E-state index in [0.29, 0.717) is 5.75 Å². The Hall–Kier alpha value is -2.39. The summed E-state index contributed by atoms with van der Waals surface area (Å²) in [6.07, 6.45) is 2.48. The molecule has 0 atom stereocenters. The Balaban J connectivity index is 2.42. The molecule has 1 heterocycles. The molecular formula is C12H13FN4O3S. The van der Waals surface area contributed by atoms with E-state index < -0.39 is 15.8 Å². The minimum atomic E-state index is -4.05. The Bertz CT molecular complexity index is 752. The summed E-state index contributed by atoms with van der Waals surface area (Å²) in [5.41, 5.74) is 2.15. The number of anilines is 2. The van der Waals surface area contributed by atoms with E-state index in [4.69, 9.17) is 10.6 Å². The first-order chi connectivity index (χ1) is 9.97. The number of halogens is 1. The number of rotatable bonds is 5. The minimum absolute atomic E-state index is 0.140. The largest absolute Gasteiger partial charge is 0.497 e. The second-order valence-corrected chi connectivity index (χ2v) is 5.62. The van der Waals surface area contributed by atoms with Crippen molar-refractivity contribution >= 4 is 21.4 Å². The second-order valence-electron chi connectivity index (χ2n) is 3.97. The third-order valence-electron chi connectivity index (χ3n) is 2.65. The highest BCUT2D eigenvalue weighted by Crippen LogP contribution is 2.26. The van der Waals surface area contributed by atoms with Crippen LogP contribution in [0.15, 0.2) is 41.6 Å². The van der Waals surface area contributed by atoms with Gasteiger partial charge in [-0.2, -0.15) is 0 Å². The number of hydrazine groups is 1. The second kappa shape index (κ2) is 5.94. The lowest BCUT2D eigenvalue weighted by Gasteiger charge is -2.12. The van der Waals surface area contributed by atoms with Crippen molar-refractivity contribution in [3.8, 4) is 5.75 Å². The summed E-state index contributed by atoms with van der Waals surface area (Å²) in [7, 11) is -2.66. The Labute approximate surface area is 121 Å². The zero-order valence-corrected chi connectivity index (χ0v) is 11.8. The number of methoxy groups -OCH3 is 1. The van der Waals surface area contributed by atoms with Crippen LogP contribution in [-0.4, -0.2) is 20.5 Å². The molecule has 0 saturated carbocycles. The maximum absolute atomic E-state index is 13.7. The summed E-state index contributed by atoms with van der Waals surface area (Å²) < 4.78 is 45.3. The number of benzene rings is 1. The first-order valence-corrected chi connectivity index (χ1v) is 7.23. The average molecular weight is 312 g/mol. The topological polar surface area (TPSA) is 106 Å². The maximum Gasteiger partial charge on any atom is 0.265 e. The van der Waals surface area contributed by atoms with Gasteiger partial charge in [0, 0.05) is 18.5 Å². The molecule has 0 aliphatic heterocycles. The zero-order valence-electron chi connectivity index (χ0n) is 11.0. The summed E-state index contributed by atoms with van der Waals surface area (Å²) in [4.78, 5) is 3.52. The third kappa shape index (κ3) is 3.20. The summed E-state index contributed by atoms with van der Waals surface area (Å²) in [6.45, 7) is 0. The standard InChI is InChI=1S/C12H13FN4O3S/c1-20-8-2-3-9(13)11(6-8)17-21(18,19)12-7-15-5-4-10(12)16-14/h2-7,17H,14H2,1H3,(H,15,16). The number of aromatic nitrogens is 1. The molecule has 0 aliphatic rings. The number of nitrogen functional groups attached to an aromatic ring is 1. The fraction of sp³-hybridized carbons (Fsp3) is 0.0833. The monoisotopic (exact) mass is 312 g/mol. The van der Waals surface area contributed by atoms with E-state index in [1.54, 1.807) is 0 Å². The van der Waals surface area contributed by atoms with Gasteiger partial charge in [-0.15, -0.1) is 0 Å². The van der Waals surface area contributed by atoms with E-state index in [0.717, 1.165) is 12.3 Å². The number of hydrogen-bond acceptors (Lipinski definition) is 6. The van der Waals surface area contributed by atoms with Crippen LogP contribution in [0.2, 0.25) is 0 Å². The molecule has 1 aromatic carbocycles. The highest BCUT2D eigenvalue weighted by Gasteiger charge is 2.20. The van der Waals surface area contributed by atoms with Gasteiger partial charge in [-0.25, -0.2) is 12.8 Å². The van der Waals surface area contributed by atoms with Gasteiger partial charge in [-0.3, -0.25) is 15.5 Å². The van der Waals surface area contributed by atoms with Crippen LogP contribution in [0, 0.1) is 5.82 Å². The lowest BCUT2D eigenvalue weighted by atomic mass is 10.3. The molecule has 112 valence electrons. The Kier molecular flexibility index (Phi) is 4.24. The lowest BCUT2D eigenvalue weighted by Crippen LogP contribution is -2.18. The molecule has 0 radical (unpaired) electrons. The van der Waals surface area contributed by atoms with Crippen LogP contribution < -0.4 is 20.7 Å². The number of nitrogens with zero attached hydrogens (tertiary/aromatic N) is 1. The molecule has 2 aromatic rings. The lowest BCUT2D eigenvalue weighted by molar-refractivity contribution is 0.414. The van der Waals surface area contributed by atoms with Gasteiger partial charge in [-0.05, 0) is 18.2 Å². The number of sulfonamides is 1. The fourth-order valence-electron chi connectivity index (χ4n) is 1.62. The van der Waals surface area contributed by atoms with Gasteiger partial charge in [0.15, 0.2) is 0 Å². The molecule has 7 nitrogen and oxygen atoms in total. The van der Waals surface area contributed by atoms with Crippen molar-refractivity contribution in [2.45, 2.75) is 4.90 Å². The average Bonchev–Trinajstić information content (AvgIpc) is 2.49. The normalized spacial score (nSPS) is 11.0. The molecule has 0 saturated heterocycles. The first kappa shape index (κ1) is 15.0. The van der Waals surface area contributed by atoms with Crippen LogP contribution in [0.25, 0.3) is 0 Å². The molecule has 21 heavy (non-hydrogen) atoms. The molecule has 0 spiro atoms. The molecule has 4 N–H and O–H groups in total. The van der Waals surface area contributed by atoms with Crippen LogP contribution in [0.3, 0.4) is 0 Å². The molecule has 0 aliphatic carbocycles. The SMILES string of the molecule is COc1ccc(F)c(NS(=O)(=O)c2cnccc2NN)c1. The molecule has 0 amide bonds. The Morgan fingerprint density at radius 1 is 1.29 bits per heavy atom. The quantitative estimate of drug-likeness (QED) is 0.568. The Morgan fingerprint density at radius 3 is 2.71 bits per heavy atom. The number of ether oxygens (including phenoxy) is 1. The predicted molar refractivity (Wildman–Crippen MR) is 75.8 cm³/mol. The van der Waals surface area contributed by atoms with Gasteiger partial charge in [0.2, 0.25) is 0 Å². The number of nitrogens with two attached hydrogens (primary N) is 1. The number of hydrogen-bond donors (Lipinski definition) is 3. The van der Waals surface area contributed by atoms with Gasteiger partial charge in [0.05, 0.1) is 18.5 Å². The van der Waals surface area contributed by atoms with Crippen LogP contribution in [0.5, 0.6) is 5.75 Å². The first-order valence-electron chi connectivity index (χ1n) is 5.75. The van der Waals surface area contributed by atoms with E-state index in [-0.39, 0.29) is 16.3 Å². The van der Waals surface area contributed by atoms with Crippen molar-refractivity contribution in [1.29, 1.82) is 0 Å². The Morgan fingerprint density at radius 2 is 2.05 bits per heavy atom. The summed E-state index contributed by atoms with van der Waals surface area (Å²) in [6, 6.07) is 5.10. The van der Waals surface area contributed by atoms with Crippen molar-refractivity contribution in [1.82, 2.24) is 4.98 Å². The van der Waals surface area contributed by atoms with Crippen molar-refractivity contribution in [2.24, 2.45) is 5.84 Å². The van der Waals surface area contributed by atoms with Crippen molar-refractivity contribution in [3.05, 3.63) is 42.5 Å². The smallest absolute Gasteiger partial charge is 0.265 e. The molecule has 2 rings (SSSR count). The number of pyridine rings is 1. The molecule has 0 unspecified atom stereocenters. The van der Waals surface area contributed by atoms with Gasteiger partial charge in [0.25, 0.3) is 10.0 Å². The van der Waals surface area contributed by atoms with Crippen LogP contribution in [0.4, 0.5) is 15.8 Å². The van der Waals surface area contributed by atoms with Crippen molar-refractivity contribution in [2.75, 3.05) is 17.3 Å². The van der Waals surface area contributed by atoms with E-state index >= 15 is 0 Å². The summed E-state index contributed by atoms with van der Waals surface area (Å²) in [5.74, 6) is 4.84. The zero-order chi connectivity index (χ0) is 15.5. The van der Waals surface area contributed by atoms with E-state index in [1.165, 1.54) is 31.5 Å². The highest BCUT2D eigenvalue weighted by molar-refractivity contribution is 7.92. The molecule has 1 aromatic heterocycles. The summed E-state index contributed by atoms with van der Waals surface area (Å²) in [5, 5.41) is 0. The van der Waals surface area contributed by atoms with Gasteiger partial charge >= 0.3 is 0 Å². The minimum Gasteiger partial charge on any atom is -0.497 e. The van der Waals surface area contributed by atoms with E-state index in [9.17, 15) is 12.8 Å². The molecular weight excluding hydrogens is 299 g/mol. The maximum atomic E-state index is 13.7. The van der Waals surface area contributed by atoms with E-state index in [1.807, 2.05) is 0 Å². The van der Waals surface area contributed by atoms with E-state index in [2.05, 4.69) is 15.1 Å².